The monoisotopic (exact) mass is 245 g/mol. The van der Waals surface area contributed by atoms with E-state index in [1.54, 1.807) is 0 Å². The molecule has 1 rings (SSSR count). The third kappa shape index (κ3) is 25.0. The Morgan fingerprint density at radius 2 is 1.64 bits per heavy atom. The van der Waals surface area contributed by atoms with Crippen LogP contribution in [-0.2, 0) is 26.2 Å². The van der Waals surface area contributed by atoms with E-state index in [0.717, 1.165) is 6.42 Å². The molecule has 0 fully saturated rings. The predicted octanol–water partition coefficient (Wildman–Crippen LogP) is 2.32. The van der Waals surface area contributed by atoms with Gasteiger partial charge in [0.15, 0.2) is 0 Å². The molecule has 1 aliphatic carbocycles. The molecule has 0 aromatic rings. The average Bonchev–Trinajstić information content (AvgIpc) is 2.23. The van der Waals surface area contributed by atoms with E-state index in [9.17, 15) is 0 Å². The van der Waals surface area contributed by atoms with Crippen molar-refractivity contribution in [1.29, 1.82) is 0 Å². The van der Waals surface area contributed by atoms with Crippen molar-refractivity contribution in [1.82, 2.24) is 0 Å². The van der Waals surface area contributed by atoms with Crippen LogP contribution < -0.4 is 0 Å². The Kier molecular flexibility index (Phi) is 84.9. The smallest absolute Gasteiger partial charge is 0.358 e. The summed E-state index contributed by atoms with van der Waals surface area (Å²) in [5, 5.41) is 0. The van der Waals surface area contributed by atoms with E-state index in [1.165, 1.54) is 0 Å². The first-order valence-corrected chi connectivity index (χ1v) is 3.84. The zero-order chi connectivity index (χ0) is 5.54. The molecular formula is C9H19SiZr. The van der Waals surface area contributed by atoms with Gasteiger partial charge >= 0.3 is 26.2 Å². The molecule has 0 unspecified atom stereocenters. The molecule has 0 spiro atoms. The number of rotatable bonds is 0. The normalized spacial score (nSPS) is 8.55. The van der Waals surface area contributed by atoms with Crippen molar-refractivity contribution in [3.05, 3.63) is 46.6 Å². The van der Waals surface area contributed by atoms with Crippen molar-refractivity contribution < 1.29 is 26.2 Å². The molecular weight excluding hydrogens is 227 g/mol. The topological polar surface area (TPSA) is 0 Å². The van der Waals surface area contributed by atoms with E-state index >= 15 is 0 Å². The van der Waals surface area contributed by atoms with Gasteiger partial charge in [-0.05, 0) is 0 Å². The molecule has 0 nitrogen and oxygen atoms in total. The molecule has 63 valence electrons. The van der Waals surface area contributed by atoms with Gasteiger partial charge in [0.2, 0.25) is 0 Å². The maximum atomic E-state index is 2.99. The van der Waals surface area contributed by atoms with Gasteiger partial charge < -0.3 is 22.3 Å². The van der Waals surface area contributed by atoms with Crippen LogP contribution in [0.2, 0.25) is 6.55 Å². The van der Waals surface area contributed by atoms with Crippen LogP contribution >= 0.6 is 0 Å². The van der Waals surface area contributed by atoms with E-state index in [2.05, 4.69) is 12.2 Å². The summed E-state index contributed by atoms with van der Waals surface area (Å²) in [6.45, 7) is 2.03. The van der Waals surface area contributed by atoms with Crippen molar-refractivity contribution in [3.63, 3.8) is 0 Å². The van der Waals surface area contributed by atoms with Crippen LogP contribution in [0, 0.1) is 28.4 Å². The minimum absolute atomic E-state index is 0. The van der Waals surface area contributed by atoms with E-state index in [0.29, 0.717) is 0 Å². The summed E-state index contributed by atoms with van der Waals surface area (Å²) in [4.78, 5) is 0. The van der Waals surface area contributed by atoms with Gasteiger partial charge in [0, 0.05) is 10.2 Å². The van der Waals surface area contributed by atoms with Gasteiger partial charge in [0.05, 0.1) is 0 Å². The fourth-order valence-corrected chi connectivity index (χ4v) is 0.340. The van der Waals surface area contributed by atoms with Crippen molar-refractivity contribution in [3.8, 4) is 0 Å². The second kappa shape index (κ2) is 31.2. The molecule has 11 heavy (non-hydrogen) atoms. The maximum absolute atomic E-state index is 2.99. The minimum Gasteiger partial charge on any atom is -0.358 e. The summed E-state index contributed by atoms with van der Waals surface area (Å²) in [6.07, 6.45) is 10.0. The molecule has 0 aliphatic heterocycles. The molecule has 0 aromatic heterocycles. The number of hydrogen-bond donors (Lipinski definition) is 0. The van der Waals surface area contributed by atoms with Crippen molar-refractivity contribution >= 4 is 10.2 Å². The van der Waals surface area contributed by atoms with Gasteiger partial charge in [0.25, 0.3) is 0 Å². The second-order valence-corrected chi connectivity index (χ2v) is 1.00. The largest absolute Gasteiger partial charge is 4.00 e. The third-order valence-corrected chi connectivity index (χ3v) is 0.586. The molecule has 0 saturated heterocycles. The fourth-order valence-electron chi connectivity index (χ4n) is 0.340. The summed E-state index contributed by atoms with van der Waals surface area (Å²) in [6, 6.07) is 0. The molecule has 0 amide bonds. The van der Waals surface area contributed by atoms with Crippen LogP contribution in [0.5, 0.6) is 0 Å². The van der Waals surface area contributed by atoms with E-state index in [-0.39, 0.29) is 48.5 Å². The fraction of sp³-hybridized carbons (Fsp3) is 0.222. The van der Waals surface area contributed by atoms with Crippen LogP contribution in [0.15, 0.2) is 18.2 Å². The summed E-state index contributed by atoms with van der Waals surface area (Å²) < 4.78 is 0. The standard InChI is InChI=1S/C5H5.CH5Si.3CH3.Zr/c1-2-4-5-3-1;1-2;;;;/h1-3H,4H2;2H2,1H3;3*1H3;/q-1;;3*-1;+4. The zero-order valence-corrected chi connectivity index (χ0v) is 12.0. The van der Waals surface area contributed by atoms with Crippen LogP contribution in [0.4, 0.5) is 0 Å². The van der Waals surface area contributed by atoms with Gasteiger partial charge in [0.1, 0.15) is 0 Å². The van der Waals surface area contributed by atoms with Crippen LogP contribution in [0.25, 0.3) is 0 Å². The van der Waals surface area contributed by atoms with E-state index < -0.39 is 0 Å². The summed E-state index contributed by atoms with van der Waals surface area (Å²) in [5.41, 5.74) is 0. The number of allylic oxidation sites excluding steroid dienone is 4. The average molecular weight is 247 g/mol. The predicted molar refractivity (Wildman–Crippen MR) is 55.2 cm³/mol. The Hall–Kier alpha value is 0.580. The Morgan fingerprint density at radius 1 is 1.18 bits per heavy atom. The summed E-state index contributed by atoms with van der Waals surface area (Å²) >= 11 is 0. The van der Waals surface area contributed by atoms with Gasteiger partial charge in [-0.2, -0.15) is 6.08 Å². The Morgan fingerprint density at radius 3 is 1.73 bits per heavy atom. The van der Waals surface area contributed by atoms with Crippen molar-refractivity contribution in [2.45, 2.75) is 13.0 Å². The maximum Gasteiger partial charge on any atom is 4.00 e. The summed E-state index contributed by atoms with van der Waals surface area (Å²) in [5.74, 6) is 0. The van der Waals surface area contributed by atoms with Crippen LogP contribution in [-0.4, -0.2) is 10.2 Å². The Bertz CT molecular complexity index is 67.6. The molecule has 1 radical (unpaired) electrons. The van der Waals surface area contributed by atoms with E-state index in [1.807, 2.05) is 28.9 Å². The molecule has 0 aromatic carbocycles. The summed E-state index contributed by atoms with van der Waals surface area (Å²) in [7, 11) is 1.86. The van der Waals surface area contributed by atoms with Crippen LogP contribution in [0.3, 0.4) is 0 Å². The molecule has 0 saturated carbocycles. The molecule has 0 atom stereocenters. The zero-order valence-electron chi connectivity index (χ0n) is 8.15. The van der Waals surface area contributed by atoms with Gasteiger partial charge in [-0.25, -0.2) is 12.2 Å². The third-order valence-electron chi connectivity index (χ3n) is 0.586. The molecule has 0 N–H and O–H groups in total. The molecule has 0 bridgehead atoms. The number of hydrogen-bond acceptors (Lipinski definition) is 0. The molecule has 1 aliphatic rings. The second-order valence-electron chi connectivity index (χ2n) is 1.00. The first kappa shape index (κ1) is 29.9. The van der Waals surface area contributed by atoms with Crippen molar-refractivity contribution in [2.75, 3.05) is 0 Å². The molecule has 0 heterocycles. The van der Waals surface area contributed by atoms with Crippen molar-refractivity contribution in [2.24, 2.45) is 0 Å². The minimum atomic E-state index is 0. The molecule has 2 heteroatoms. The van der Waals surface area contributed by atoms with Gasteiger partial charge in [-0.3, -0.25) is 6.08 Å². The van der Waals surface area contributed by atoms with Gasteiger partial charge in [-0.1, -0.05) is 6.55 Å². The SMILES string of the molecule is C[SiH2].[C-]1=CC=CC1.[CH3-].[CH3-].[CH3-].[Zr+4]. The Balaban J connectivity index is -0.0000000189. The first-order chi connectivity index (χ1) is 3.50. The van der Waals surface area contributed by atoms with Gasteiger partial charge in [-0.15, -0.1) is 6.42 Å². The van der Waals surface area contributed by atoms with E-state index in [4.69, 9.17) is 0 Å². The Labute approximate surface area is 95.7 Å². The quantitative estimate of drug-likeness (QED) is 0.455. The first-order valence-electron chi connectivity index (χ1n) is 2.42. The van der Waals surface area contributed by atoms with Crippen LogP contribution in [0.1, 0.15) is 6.42 Å².